The van der Waals surface area contributed by atoms with Crippen molar-refractivity contribution in [2.75, 3.05) is 45.2 Å². The number of imide groups is 1. The molecule has 2 fully saturated rings. The van der Waals surface area contributed by atoms with E-state index >= 15 is 0 Å². The number of aliphatic imine (C=N–C) groups is 1. The van der Waals surface area contributed by atoms with Gasteiger partial charge in [0.2, 0.25) is 5.96 Å². The monoisotopic (exact) mass is 452 g/mol. The maximum Gasteiger partial charge on any atom is 0.328 e. The Morgan fingerprint density at radius 1 is 1.06 bits per heavy atom. The van der Waals surface area contributed by atoms with Gasteiger partial charge in [-0.05, 0) is 51.9 Å². The van der Waals surface area contributed by atoms with Gasteiger partial charge in [0.1, 0.15) is 12.4 Å². The fourth-order valence-corrected chi connectivity index (χ4v) is 5.19. The molecule has 0 radical (unpaired) electrons. The van der Waals surface area contributed by atoms with Gasteiger partial charge in [-0.2, -0.15) is 0 Å². The smallest absolute Gasteiger partial charge is 0.328 e. The summed E-state index contributed by atoms with van der Waals surface area (Å²) in [5, 5.41) is 0. The summed E-state index contributed by atoms with van der Waals surface area (Å²) < 4.78 is 6.09. The van der Waals surface area contributed by atoms with Crippen molar-refractivity contribution in [1.82, 2.24) is 19.6 Å². The molecule has 2 atom stereocenters. The van der Waals surface area contributed by atoms with E-state index in [4.69, 9.17) is 9.73 Å². The van der Waals surface area contributed by atoms with Crippen LogP contribution in [0, 0.1) is 0 Å². The lowest BCUT2D eigenvalue weighted by molar-refractivity contribution is -0.135. The van der Waals surface area contributed by atoms with Crippen LogP contribution in [0.4, 0.5) is 10.5 Å². The number of guanidine groups is 1. The number of carbonyl (C=O) groups is 2. The molecule has 0 aliphatic carbocycles. The number of hydrogen-bond donors (Lipinski definition) is 0. The van der Waals surface area contributed by atoms with E-state index in [9.17, 15) is 9.59 Å². The van der Waals surface area contributed by atoms with Crippen LogP contribution in [0.25, 0.3) is 0 Å². The lowest BCUT2D eigenvalue weighted by atomic mass is 10.1. The molecular weight excluding hydrogens is 420 g/mol. The minimum atomic E-state index is -0.545. The maximum absolute atomic E-state index is 13.0. The Labute approximate surface area is 194 Å². The van der Waals surface area contributed by atoms with Crippen LogP contribution in [0.1, 0.15) is 33.1 Å². The summed E-state index contributed by atoms with van der Waals surface area (Å²) in [7, 11) is 3.22. The molecule has 4 heterocycles. The average molecular weight is 453 g/mol. The van der Waals surface area contributed by atoms with Crippen molar-refractivity contribution in [1.29, 1.82) is 0 Å². The number of rotatable bonds is 5. The van der Waals surface area contributed by atoms with Crippen molar-refractivity contribution < 1.29 is 14.3 Å². The number of amides is 3. The molecule has 0 spiro atoms. The number of nitrogens with zero attached hydrogens (tertiary/aromatic N) is 6. The second-order valence-electron chi connectivity index (χ2n) is 9.20. The van der Waals surface area contributed by atoms with Gasteiger partial charge in [0, 0.05) is 38.1 Å². The van der Waals surface area contributed by atoms with Crippen molar-refractivity contribution >= 4 is 23.6 Å². The highest BCUT2D eigenvalue weighted by Gasteiger charge is 2.55. The van der Waals surface area contributed by atoms with Gasteiger partial charge in [0.05, 0.1) is 5.69 Å². The summed E-state index contributed by atoms with van der Waals surface area (Å²) in [5.41, 5.74) is 2.90. The summed E-state index contributed by atoms with van der Waals surface area (Å²) in [6.07, 6.45) is 3.34. The minimum absolute atomic E-state index is 0.231. The number of fused-ring (bicyclic) bond motifs is 3. The zero-order valence-electron chi connectivity index (χ0n) is 19.8. The Morgan fingerprint density at radius 3 is 2.58 bits per heavy atom. The predicted molar refractivity (Wildman–Crippen MR) is 126 cm³/mol. The van der Waals surface area contributed by atoms with Crippen molar-refractivity contribution in [3.63, 3.8) is 0 Å². The van der Waals surface area contributed by atoms with Crippen LogP contribution in [0.3, 0.4) is 0 Å². The van der Waals surface area contributed by atoms with Crippen molar-refractivity contribution in [3.8, 4) is 5.75 Å². The quantitative estimate of drug-likeness (QED) is 0.684. The van der Waals surface area contributed by atoms with E-state index in [0.717, 1.165) is 42.5 Å². The molecule has 2 unspecified atom stereocenters. The number of urea groups is 1. The van der Waals surface area contributed by atoms with Gasteiger partial charge in [-0.3, -0.25) is 24.4 Å². The molecule has 4 aliphatic heterocycles. The van der Waals surface area contributed by atoms with Gasteiger partial charge in [-0.25, -0.2) is 9.79 Å². The molecule has 9 heteroatoms. The van der Waals surface area contributed by atoms with Crippen LogP contribution in [-0.4, -0.2) is 90.0 Å². The highest BCUT2D eigenvalue weighted by Crippen LogP contribution is 2.40. The molecule has 0 aromatic heterocycles. The maximum atomic E-state index is 13.0. The van der Waals surface area contributed by atoms with E-state index in [0.29, 0.717) is 12.6 Å². The first kappa shape index (κ1) is 21.8. The van der Waals surface area contributed by atoms with Gasteiger partial charge in [0.25, 0.3) is 5.91 Å². The Bertz CT molecular complexity index is 1030. The Kier molecular flexibility index (Phi) is 5.52. The van der Waals surface area contributed by atoms with Crippen LogP contribution in [0.5, 0.6) is 5.75 Å². The zero-order valence-corrected chi connectivity index (χ0v) is 19.8. The first-order chi connectivity index (χ1) is 15.9. The molecule has 33 heavy (non-hydrogen) atoms. The number of likely N-dealkylation sites (tertiary alicyclic amines) is 1. The number of carbonyl (C=O) groups excluding carboxylic acids is 2. The summed E-state index contributed by atoms with van der Waals surface area (Å²) in [4.78, 5) is 39.5. The van der Waals surface area contributed by atoms with Gasteiger partial charge in [0.15, 0.2) is 12.2 Å². The van der Waals surface area contributed by atoms with Crippen LogP contribution in [0.15, 0.2) is 40.7 Å². The molecule has 5 rings (SSSR count). The highest BCUT2D eigenvalue weighted by atomic mass is 16.5. The average Bonchev–Trinajstić information content (AvgIpc) is 3.32. The van der Waals surface area contributed by atoms with Crippen LogP contribution < -0.4 is 9.64 Å². The third-order valence-corrected chi connectivity index (χ3v) is 7.21. The van der Waals surface area contributed by atoms with Crippen molar-refractivity contribution in [2.45, 2.75) is 45.3 Å². The van der Waals surface area contributed by atoms with E-state index in [-0.39, 0.29) is 11.9 Å². The Hall–Kier alpha value is -3.07. The Morgan fingerprint density at radius 2 is 1.82 bits per heavy atom. The summed E-state index contributed by atoms with van der Waals surface area (Å²) >= 11 is 0. The number of benzene rings is 1. The number of anilines is 1. The number of allylic oxidation sites excluding steroid dienone is 2. The molecule has 4 aliphatic rings. The molecule has 2 saturated heterocycles. The van der Waals surface area contributed by atoms with Crippen LogP contribution >= 0.6 is 0 Å². The molecule has 1 aromatic rings. The second kappa shape index (κ2) is 8.37. The number of likely N-dealkylation sites (N-methyl/N-ethyl adjacent to an activating group) is 2. The van der Waals surface area contributed by atoms with Crippen LogP contribution in [-0.2, 0) is 4.79 Å². The first-order valence-electron chi connectivity index (χ1n) is 11.7. The van der Waals surface area contributed by atoms with Gasteiger partial charge < -0.3 is 9.64 Å². The molecule has 0 saturated carbocycles. The van der Waals surface area contributed by atoms with Gasteiger partial charge in [-0.1, -0.05) is 12.5 Å². The lowest BCUT2D eigenvalue weighted by Crippen LogP contribution is -2.63. The predicted octanol–water partition coefficient (Wildman–Crippen LogP) is 2.51. The summed E-state index contributed by atoms with van der Waals surface area (Å²) in [5.74, 6) is 1.26. The standard InChI is InChI=1S/C24H32N6O3/c1-16-17(2)30-20-21(26(3)24(32)27(4)22(20)31)25-23(30)29(16)18-9-8-10-19(15-18)33-14-13-28-11-6-5-7-12-28/h8-10,15,20-21H,5-7,11-14H2,1-4H3. The number of piperidine rings is 1. The molecule has 1 aromatic carbocycles. The Balaban J connectivity index is 1.37. The third-order valence-electron chi connectivity index (χ3n) is 7.21. The largest absolute Gasteiger partial charge is 0.492 e. The minimum Gasteiger partial charge on any atom is -0.492 e. The fourth-order valence-electron chi connectivity index (χ4n) is 5.19. The highest BCUT2D eigenvalue weighted by molar-refractivity contribution is 6.10. The van der Waals surface area contributed by atoms with E-state index in [1.54, 1.807) is 7.05 Å². The third kappa shape index (κ3) is 3.55. The van der Waals surface area contributed by atoms with Crippen LogP contribution in [0.2, 0.25) is 0 Å². The lowest BCUT2D eigenvalue weighted by Gasteiger charge is -2.39. The molecule has 9 nitrogen and oxygen atoms in total. The van der Waals surface area contributed by atoms with E-state index < -0.39 is 12.2 Å². The number of ether oxygens (including phenoxy) is 1. The summed E-state index contributed by atoms with van der Waals surface area (Å²) in [6, 6.07) is 7.11. The SMILES string of the molecule is CC1=C(C)N2C(=NC3C2C(=O)N(C)C(=O)N3C)N1c1cccc(OCCN2CCCCC2)c1. The van der Waals surface area contributed by atoms with Gasteiger partial charge in [-0.15, -0.1) is 0 Å². The molecule has 176 valence electrons. The van der Waals surface area contributed by atoms with Gasteiger partial charge >= 0.3 is 6.03 Å². The van der Waals surface area contributed by atoms with E-state index in [1.807, 2.05) is 43.0 Å². The molecule has 0 N–H and O–H groups in total. The topological polar surface area (TPSA) is 71.9 Å². The molecule has 3 amide bonds. The van der Waals surface area contributed by atoms with E-state index in [1.165, 1.54) is 36.1 Å². The summed E-state index contributed by atoms with van der Waals surface area (Å²) in [6.45, 7) is 7.93. The molecular formula is C24H32N6O3. The fraction of sp³-hybridized carbons (Fsp3) is 0.542. The first-order valence-corrected chi connectivity index (χ1v) is 11.7. The molecule has 0 bridgehead atoms. The second-order valence-corrected chi connectivity index (χ2v) is 9.20. The van der Waals surface area contributed by atoms with Crippen molar-refractivity contribution in [2.24, 2.45) is 4.99 Å². The zero-order chi connectivity index (χ0) is 23.3. The van der Waals surface area contributed by atoms with E-state index in [2.05, 4.69) is 9.80 Å². The van der Waals surface area contributed by atoms with Crippen molar-refractivity contribution in [3.05, 3.63) is 35.7 Å². The normalized spacial score (nSPS) is 25.6. The number of hydrogen-bond acceptors (Lipinski definition) is 7.